The molecule has 1 aromatic carbocycles. The van der Waals surface area contributed by atoms with E-state index in [1.807, 2.05) is 6.92 Å². The predicted octanol–water partition coefficient (Wildman–Crippen LogP) is 3.35. The first-order valence-electron chi connectivity index (χ1n) is 7.82. The van der Waals surface area contributed by atoms with Gasteiger partial charge in [0.25, 0.3) is 11.1 Å². The predicted molar refractivity (Wildman–Crippen MR) is 98.5 cm³/mol. The Morgan fingerprint density at radius 1 is 1.23 bits per heavy atom. The van der Waals surface area contributed by atoms with Gasteiger partial charge < -0.3 is 14.2 Å². The number of ether oxygens (including phenoxy) is 3. The van der Waals surface area contributed by atoms with Crippen molar-refractivity contribution in [1.29, 1.82) is 0 Å². The molecule has 0 unspecified atom stereocenters. The number of imide groups is 1. The molecule has 1 heterocycles. The van der Waals surface area contributed by atoms with Gasteiger partial charge in [0, 0.05) is 6.07 Å². The Morgan fingerprint density at radius 3 is 2.58 bits per heavy atom. The molecule has 26 heavy (non-hydrogen) atoms. The molecule has 1 aromatic rings. The third-order valence-electron chi connectivity index (χ3n) is 3.34. The average molecular weight is 400 g/mol. The van der Waals surface area contributed by atoms with Crippen LogP contribution in [0.2, 0.25) is 5.02 Å². The normalized spacial score (nSPS) is 15.5. The summed E-state index contributed by atoms with van der Waals surface area (Å²) in [5.74, 6) is -0.282. The topological polar surface area (TPSA) is 82.1 Å². The molecule has 2 rings (SSSR count). The Bertz CT molecular complexity index is 764. The summed E-state index contributed by atoms with van der Waals surface area (Å²) in [6, 6.07) is 3.20. The molecule has 2 amide bonds. The highest BCUT2D eigenvalue weighted by atomic mass is 35.5. The number of benzene rings is 1. The number of methoxy groups -OCH3 is 1. The van der Waals surface area contributed by atoms with Crippen molar-refractivity contribution in [3.8, 4) is 11.5 Å². The molecule has 0 saturated carbocycles. The summed E-state index contributed by atoms with van der Waals surface area (Å²) < 4.78 is 15.5. The van der Waals surface area contributed by atoms with E-state index in [1.54, 1.807) is 19.1 Å². The van der Waals surface area contributed by atoms with Gasteiger partial charge in [-0.25, -0.2) is 0 Å². The van der Waals surface area contributed by atoms with Crippen LogP contribution in [0.1, 0.15) is 19.4 Å². The van der Waals surface area contributed by atoms with Gasteiger partial charge >= 0.3 is 5.97 Å². The van der Waals surface area contributed by atoms with Gasteiger partial charge in [-0.1, -0.05) is 11.6 Å². The molecular formula is C17H18ClNO6S. The summed E-state index contributed by atoms with van der Waals surface area (Å²) in [6.45, 7) is 3.65. The fourth-order valence-corrected chi connectivity index (χ4v) is 3.24. The smallest absolute Gasteiger partial charge is 0.326 e. The molecule has 0 spiro atoms. The molecule has 0 atom stereocenters. The molecule has 7 nitrogen and oxygen atoms in total. The van der Waals surface area contributed by atoms with E-state index in [9.17, 15) is 14.4 Å². The summed E-state index contributed by atoms with van der Waals surface area (Å²) in [4.78, 5) is 37.0. The molecule has 0 aliphatic carbocycles. The number of rotatable bonds is 7. The first kappa shape index (κ1) is 20.1. The maximum Gasteiger partial charge on any atom is 0.326 e. The van der Waals surface area contributed by atoms with E-state index in [0.717, 1.165) is 16.7 Å². The van der Waals surface area contributed by atoms with Crippen LogP contribution in [0.4, 0.5) is 4.79 Å². The van der Waals surface area contributed by atoms with Gasteiger partial charge in [0.15, 0.2) is 11.5 Å². The number of nitrogens with zero attached hydrogens (tertiary/aromatic N) is 1. The number of halogens is 1. The van der Waals surface area contributed by atoms with Crippen LogP contribution < -0.4 is 9.47 Å². The SMILES string of the molecule is CCOC(=O)CN1C(=O)S/C(=C/c2cc(OCC)c(OC)cc2Cl)C1=O. The second-order valence-electron chi connectivity index (χ2n) is 5.03. The largest absolute Gasteiger partial charge is 0.493 e. The van der Waals surface area contributed by atoms with Gasteiger partial charge in [0.05, 0.1) is 30.3 Å². The van der Waals surface area contributed by atoms with Crippen LogP contribution in [-0.2, 0) is 14.3 Å². The highest BCUT2D eigenvalue weighted by Gasteiger charge is 2.36. The molecular weight excluding hydrogens is 382 g/mol. The minimum Gasteiger partial charge on any atom is -0.493 e. The van der Waals surface area contributed by atoms with E-state index in [4.69, 9.17) is 25.8 Å². The van der Waals surface area contributed by atoms with E-state index in [0.29, 0.717) is 28.7 Å². The van der Waals surface area contributed by atoms with E-state index < -0.39 is 23.7 Å². The lowest BCUT2D eigenvalue weighted by Gasteiger charge is -2.12. The Hall–Kier alpha value is -2.19. The Kier molecular flexibility index (Phi) is 6.93. The summed E-state index contributed by atoms with van der Waals surface area (Å²) in [6.07, 6.45) is 1.49. The first-order chi connectivity index (χ1) is 12.4. The molecule has 1 fully saturated rings. The zero-order valence-electron chi connectivity index (χ0n) is 14.5. The van der Waals surface area contributed by atoms with E-state index in [2.05, 4.69) is 0 Å². The number of hydrogen-bond donors (Lipinski definition) is 0. The highest BCUT2D eigenvalue weighted by Crippen LogP contribution is 2.37. The third kappa shape index (κ3) is 4.50. The Balaban J connectivity index is 2.29. The van der Waals surface area contributed by atoms with Crippen LogP contribution >= 0.6 is 23.4 Å². The van der Waals surface area contributed by atoms with Crippen molar-refractivity contribution in [2.75, 3.05) is 26.9 Å². The Morgan fingerprint density at radius 2 is 1.96 bits per heavy atom. The summed E-state index contributed by atoms with van der Waals surface area (Å²) in [5, 5.41) is -0.202. The standard InChI is InChI=1S/C17H18ClNO6S/c1-4-24-13-6-10(11(18)8-12(13)23-3)7-14-16(21)19(17(22)26-14)9-15(20)25-5-2/h6-8H,4-5,9H2,1-3H3/b14-7+. The third-order valence-corrected chi connectivity index (χ3v) is 4.57. The molecule has 0 N–H and O–H groups in total. The number of carbonyl (C=O) groups is 3. The quantitative estimate of drug-likeness (QED) is 0.513. The lowest BCUT2D eigenvalue weighted by Crippen LogP contribution is -2.34. The average Bonchev–Trinajstić information content (AvgIpc) is 2.85. The summed E-state index contributed by atoms with van der Waals surface area (Å²) in [5.41, 5.74) is 0.498. The van der Waals surface area contributed by atoms with Gasteiger partial charge in [0.1, 0.15) is 6.54 Å². The van der Waals surface area contributed by atoms with E-state index >= 15 is 0 Å². The van der Waals surface area contributed by atoms with Crippen LogP contribution in [0.3, 0.4) is 0 Å². The van der Waals surface area contributed by atoms with Crippen molar-refractivity contribution in [2.45, 2.75) is 13.8 Å². The van der Waals surface area contributed by atoms with Gasteiger partial charge in [-0.15, -0.1) is 0 Å². The van der Waals surface area contributed by atoms with Crippen LogP contribution in [-0.4, -0.2) is 48.9 Å². The number of amides is 2. The van der Waals surface area contributed by atoms with E-state index in [1.165, 1.54) is 13.2 Å². The molecule has 1 saturated heterocycles. The minimum atomic E-state index is -0.642. The molecule has 9 heteroatoms. The number of hydrogen-bond acceptors (Lipinski definition) is 7. The first-order valence-corrected chi connectivity index (χ1v) is 9.02. The van der Waals surface area contributed by atoms with Crippen LogP contribution in [0, 0.1) is 0 Å². The fraction of sp³-hybridized carbons (Fsp3) is 0.353. The molecule has 1 aliphatic heterocycles. The lowest BCUT2D eigenvalue weighted by molar-refractivity contribution is -0.145. The molecule has 0 radical (unpaired) electrons. The minimum absolute atomic E-state index is 0.161. The number of carbonyl (C=O) groups excluding carboxylic acids is 3. The number of esters is 1. The second kappa shape index (κ2) is 8.95. The van der Waals surface area contributed by atoms with Crippen molar-refractivity contribution in [3.05, 3.63) is 27.6 Å². The molecule has 140 valence electrons. The number of thioether (sulfide) groups is 1. The van der Waals surface area contributed by atoms with Crippen molar-refractivity contribution in [1.82, 2.24) is 4.90 Å². The van der Waals surface area contributed by atoms with Crippen LogP contribution in [0.15, 0.2) is 17.0 Å². The van der Waals surface area contributed by atoms with Crippen LogP contribution in [0.25, 0.3) is 6.08 Å². The molecule has 0 bridgehead atoms. The maximum atomic E-state index is 12.4. The van der Waals surface area contributed by atoms with Crippen molar-refractivity contribution in [2.24, 2.45) is 0 Å². The Labute approximate surface area is 160 Å². The van der Waals surface area contributed by atoms with Crippen molar-refractivity contribution < 1.29 is 28.6 Å². The fourth-order valence-electron chi connectivity index (χ4n) is 2.20. The van der Waals surface area contributed by atoms with Crippen molar-refractivity contribution in [3.63, 3.8) is 0 Å². The summed E-state index contributed by atoms with van der Waals surface area (Å²) >= 11 is 6.97. The van der Waals surface area contributed by atoms with Crippen LogP contribution in [0.5, 0.6) is 11.5 Å². The van der Waals surface area contributed by atoms with Gasteiger partial charge in [-0.2, -0.15) is 0 Å². The zero-order valence-corrected chi connectivity index (χ0v) is 16.1. The summed E-state index contributed by atoms with van der Waals surface area (Å²) in [7, 11) is 1.49. The van der Waals surface area contributed by atoms with Gasteiger partial charge in [-0.3, -0.25) is 19.3 Å². The zero-order chi connectivity index (χ0) is 19.3. The van der Waals surface area contributed by atoms with Gasteiger partial charge in [0.2, 0.25) is 0 Å². The maximum absolute atomic E-state index is 12.4. The molecule has 0 aromatic heterocycles. The lowest BCUT2D eigenvalue weighted by atomic mass is 10.1. The van der Waals surface area contributed by atoms with Crippen molar-refractivity contribution >= 4 is 46.6 Å². The van der Waals surface area contributed by atoms with E-state index in [-0.39, 0.29) is 11.5 Å². The highest BCUT2D eigenvalue weighted by molar-refractivity contribution is 8.18. The second-order valence-corrected chi connectivity index (χ2v) is 6.43. The van der Waals surface area contributed by atoms with Gasteiger partial charge in [-0.05, 0) is 43.3 Å². The monoisotopic (exact) mass is 399 g/mol. The molecule has 1 aliphatic rings.